The molecular weight excluding hydrogens is 269 g/mol. The van der Waals surface area contributed by atoms with Crippen LogP contribution in [0.4, 0.5) is 13.2 Å². The number of alkyl halides is 4. The molecule has 0 aliphatic heterocycles. The first-order valence-electron chi connectivity index (χ1n) is 5.54. The summed E-state index contributed by atoms with van der Waals surface area (Å²) < 4.78 is 46.3. The van der Waals surface area contributed by atoms with Crippen LogP contribution in [0.2, 0.25) is 0 Å². The van der Waals surface area contributed by atoms with Crippen LogP contribution < -0.4 is 9.47 Å². The molecule has 0 amide bonds. The van der Waals surface area contributed by atoms with E-state index in [-0.39, 0.29) is 18.1 Å². The van der Waals surface area contributed by atoms with Crippen LogP contribution in [-0.4, -0.2) is 18.8 Å². The van der Waals surface area contributed by atoms with Gasteiger partial charge in [-0.15, -0.1) is 24.8 Å². The van der Waals surface area contributed by atoms with E-state index in [0.29, 0.717) is 24.3 Å². The molecule has 102 valence electrons. The first-order valence-corrected chi connectivity index (χ1v) is 6.07. The minimum absolute atomic E-state index is 0.0990. The quantitative estimate of drug-likeness (QED) is 0.730. The van der Waals surface area contributed by atoms with Crippen LogP contribution in [0.5, 0.6) is 11.5 Å². The third kappa shape index (κ3) is 4.64. The summed E-state index contributed by atoms with van der Waals surface area (Å²) in [5.74, 6) is 0.212. The summed E-state index contributed by atoms with van der Waals surface area (Å²) in [6.45, 7) is 1.97. The fourth-order valence-electron chi connectivity index (χ4n) is 1.52. The van der Waals surface area contributed by atoms with Gasteiger partial charge in [-0.1, -0.05) is 12.1 Å². The van der Waals surface area contributed by atoms with E-state index in [2.05, 4.69) is 4.74 Å². The summed E-state index contributed by atoms with van der Waals surface area (Å²) in [5.41, 5.74) is 0.443. The number of halogens is 4. The van der Waals surface area contributed by atoms with Gasteiger partial charge in [0.2, 0.25) is 0 Å². The minimum Gasteiger partial charge on any atom is -0.490 e. The number of para-hydroxylation sites is 1. The van der Waals surface area contributed by atoms with Gasteiger partial charge in [0.15, 0.2) is 11.5 Å². The summed E-state index contributed by atoms with van der Waals surface area (Å²) in [4.78, 5) is 0. The van der Waals surface area contributed by atoms with Crippen molar-refractivity contribution in [2.45, 2.75) is 26.1 Å². The Morgan fingerprint density at radius 1 is 1.28 bits per heavy atom. The molecule has 0 aliphatic carbocycles. The van der Waals surface area contributed by atoms with Crippen LogP contribution in [0, 0.1) is 0 Å². The molecule has 0 heterocycles. The largest absolute Gasteiger partial charge is 0.573 e. The number of rotatable bonds is 6. The van der Waals surface area contributed by atoms with E-state index in [1.54, 1.807) is 19.1 Å². The van der Waals surface area contributed by atoms with Gasteiger partial charge < -0.3 is 9.47 Å². The van der Waals surface area contributed by atoms with Gasteiger partial charge in [0.1, 0.15) is 0 Å². The molecule has 18 heavy (non-hydrogen) atoms. The minimum atomic E-state index is -4.73. The first-order chi connectivity index (χ1) is 8.48. The Bertz CT molecular complexity index is 380. The standard InChI is InChI=1S/C12H14ClF3O2/c1-2-17-10-7-3-5-9(6-4-8-13)11(10)18-12(14,15)16/h3,5,7H,2,4,6,8H2,1H3. The first kappa shape index (κ1) is 15.0. The molecule has 0 radical (unpaired) electrons. The van der Waals surface area contributed by atoms with E-state index >= 15 is 0 Å². The van der Waals surface area contributed by atoms with E-state index in [1.807, 2.05) is 0 Å². The van der Waals surface area contributed by atoms with Gasteiger partial charge in [0.05, 0.1) is 6.61 Å². The van der Waals surface area contributed by atoms with Crippen molar-refractivity contribution in [3.8, 4) is 11.5 Å². The Balaban J connectivity index is 3.03. The van der Waals surface area contributed by atoms with Crippen LogP contribution >= 0.6 is 11.6 Å². The van der Waals surface area contributed by atoms with Gasteiger partial charge >= 0.3 is 6.36 Å². The highest BCUT2D eigenvalue weighted by Crippen LogP contribution is 2.36. The van der Waals surface area contributed by atoms with Gasteiger partial charge in [-0.3, -0.25) is 0 Å². The van der Waals surface area contributed by atoms with Crippen molar-refractivity contribution in [1.29, 1.82) is 0 Å². The lowest BCUT2D eigenvalue weighted by molar-refractivity contribution is -0.275. The Hall–Kier alpha value is -1.10. The molecule has 0 saturated heterocycles. The zero-order valence-corrected chi connectivity index (χ0v) is 10.6. The third-order valence-corrected chi connectivity index (χ3v) is 2.43. The van der Waals surface area contributed by atoms with Crippen LogP contribution in [0.15, 0.2) is 18.2 Å². The zero-order chi connectivity index (χ0) is 13.6. The summed E-state index contributed by atoms with van der Waals surface area (Å²) in [5, 5.41) is 0. The van der Waals surface area contributed by atoms with E-state index in [9.17, 15) is 13.2 Å². The number of hydrogen-bond donors (Lipinski definition) is 0. The van der Waals surface area contributed by atoms with Gasteiger partial charge in [-0.05, 0) is 31.4 Å². The molecule has 2 nitrogen and oxygen atoms in total. The van der Waals surface area contributed by atoms with Crippen LogP contribution in [0.1, 0.15) is 18.9 Å². The fourth-order valence-corrected chi connectivity index (χ4v) is 1.65. The second kappa shape index (κ2) is 6.73. The Morgan fingerprint density at radius 3 is 2.56 bits per heavy atom. The maximum absolute atomic E-state index is 12.4. The number of benzene rings is 1. The summed E-state index contributed by atoms with van der Waals surface area (Å²) >= 11 is 5.54. The highest BCUT2D eigenvalue weighted by atomic mass is 35.5. The van der Waals surface area contributed by atoms with Gasteiger partial charge in [0.25, 0.3) is 0 Å². The van der Waals surface area contributed by atoms with E-state index in [4.69, 9.17) is 16.3 Å². The molecule has 0 saturated carbocycles. The third-order valence-electron chi connectivity index (χ3n) is 2.16. The molecular formula is C12H14ClF3O2. The molecule has 1 rings (SSSR count). The van der Waals surface area contributed by atoms with Crippen molar-refractivity contribution >= 4 is 11.6 Å². The number of aryl methyl sites for hydroxylation is 1. The average Bonchev–Trinajstić information content (AvgIpc) is 2.28. The number of hydrogen-bond acceptors (Lipinski definition) is 2. The van der Waals surface area contributed by atoms with Crippen LogP contribution in [-0.2, 0) is 6.42 Å². The summed E-state index contributed by atoms with van der Waals surface area (Å²) in [6, 6.07) is 4.67. The summed E-state index contributed by atoms with van der Waals surface area (Å²) in [6.07, 6.45) is -3.75. The molecule has 1 aromatic carbocycles. The zero-order valence-electron chi connectivity index (χ0n) is 9.89. The molecule has 0 bridgehead atoms. The molecule has 0 fully saturated rings. The lowest BCUT2D eigenvalue weighted by Gasteiger charge is -2.16. The molecule has 0 aliphatic rings. The van der Waals surface area contributed by atoms with E-state index < -0.39 is 6.36 Å². The Morgan fingerprint density at radius 2 is 2.00 bits per heavy atom. The SMILES string of the molecule is CCOc1cccc(CCCCl)c1OC(F)(F)F. The molecule has 0 atom stereocenters. The topological polar surface area (TPSA) is 18.5 Å². The van der Waals surface area contributed by atoms with Crippen LogP contribution in [0.25, 0.3) is 0 Å². The molecule has 0 N–H and O–H groups in total. The highest BCUT2D eigenvalue weighted by Gasteiger charge is 2.33. The van der Waals surface area contributed by atoms with Crippen LogP contribution in [0.3, 0.4) is 0 Å². The normalized spacial score (nSPS) is 11.4. The predicted molar refractivity (Wildman–Crippen MR) is 63.3 cm³/mol. The molecule has 0 aromatic heterocycles. The van der Waals surface area contributed by atoms with Crippen molar-refractivity contribution in [2.75, 3.05) is 12.5 Å². The monoisotopic (exact) mass is 282 g/mol. The smallest absolute Gasteiger partial charge is 0.490 e. The van der Waals surface area contributed by atoms with Crippen molar-refractivity contribution in [2.24, 2.45) is 0 Å². The van der Waals surface area contributed by atoms with E-state index in [0.717, 1.165) is 0 Å². The Kier molecular flexibility index (Phi) is 5.59. The van der Waals surface area contributed by atoms with E-state index in [1.165, 1.54) is 6.07 Å². The lowest BCUT2D eigenvalue weighted by atomic mass is 10.1. The highest BCUT2D eigenvalue weighted by molar-refractivity contribution is 6.17. The number of ether oxygens (including phenoxy) is 2. The van der Waals surface area contributed by atoms with Crippen molar-refractivity contribution in [1.82, 2.24) is 0 Å². The van der Waals surface area contributed by atoms with Crippen molar-refractivity contribution in [3.05, 3.63) is 23.8 Å². The second-order valence-corrected chi connectivity index (χ2v) is 3.90. The molecule has 0 unspecified atom stereocenters. The van der Waals surface area contributed by atoms with Gasteiger partial charge in [-0.2, -0.15) is 0 Å². The predicted octanol–water partition coefficient (Wildman–Crippen LogP) is 4.16. The second-order valence-electron chi connectivity index (χ2n) is 3.52. The molecule has 6 heteroatoms. The maximum Gasteiger partial charge on any atom is 0.573 e. The molecule has 0 spiro atoms. The maximum atomic E-state index is 12.4. The van der Waals surface area contributed by atoms with Gasteiger partial charge in [0, 0.05) is 5.88 Å². The lowest BCUT2D eigenvalue weighted by Crippen LogP contribution is -2.19. The van der Waals surface area contributed by atoms with Crippen molar-refractivity contribution < 1.29 is 22.6 Å². The summed E-state index contributed by atoms with van der Waals surface area (Å²) in [7, 11) is 0. The fraction of sp³-hybridized carbons (Fsp3) is 0.500. The molecule has 1 aromatic rings. The Labute approximate surface area is 109 Å². The average molecular weight is 283 g/mol. The van der Waals surface area contributed by atoms with Crippen molar-refractivity contribution in [3.63, 3.8) is 0 Å². The van der Waals surface area contributed by atoms with Gasteiger partial charge in [-0.25, -0.2) is 0 Å².